The fourth-order valence-corrected chi connectivity index (χ4v) is 4.80. The van der Waals surface area contributed by atoms with Gasteiger partial charge in [-0.2, -0.15) is 0 Å². The number of anilines is 1. The van der Waals surface area contributed by atoms with Crippen LogP contribution in [0.25, 0.3) is 16.9 Å². The van der Waals surface area contributed by atoms with Crippen molar-refractivity contribution in [2.24, 2.45) is 0 Å². The van der Waals surface area contributed by atoms with E-state index in [1.807, 2.05) is 31.2 Å². The van der Waals surface area contributed by atoms with Crippen molar-refractivity contribution in [3.63, 3.8) is 0 Å². The van der Waals surface area contributed by atoms with E-state index in [-0.39, 0.29) is 14.9 Å². The molecule has 6 nitrogen and oxygen atoms in total. The molecule has 0 aliphatic carbocycles. The van der Waals surface area contributed by atoms with Crippen LogP contribution in [-0.2, 0) is 9.84 Å². The van der Waals surface area contributed by atoms with Crippen molar-refractivity contribution in [1.29, 1.82) is 0 Å². The highest BCUT2D eigenvalue weighted by molar-refractivity contribution is 7.91. The van der Waals surface area contributed by atoms with E-state index in [1.165, 1.54) is 16.8 Å². The number of halogens is 1. The average molecular weight is 425 g/mol. The van der Waals surface area contributed by atoms with Crippen LogP contribution in [0, 0.1) is 6.92 Å². The molecule has 1 aromatic heterocycles. The first kappa shape index (κ1) is 19.2. The number of nitrogens with two attached hydrogens (primary N) is 1. The quantitative estimate of drug-likeness (QED) is 0.493. The first-order valence-corrected chi connectivity index (χ1v) is 10.6. The minimum Gasteiger partial charge on any atom is -0.399 e. The Hall–Kier alpha value is -3.16. The smallest absolute Gasteiger partial charge is 0.229 e. The lowest BCUT2D eigenvalue weighted by molar-refractivity contribution is 0.592. The summed E-state index contributed by atoms with van der Waals surface area (Å²) in [5.41, 5.74) is 9.09. The molecule has 3 aromatic carbocycles. The molecular weight excluding hydrogens is 408 g/mol. The summed E-state index contributed by atoms with van der Waals surface area (Å²) in [6, 6.07) is 20.7. The highest BCUT2D eigenvalue weighted by Crippen LogP contribution is 2.34. The maximum atomic E-state index is 13.4. The van der Waals surface area contributed by atoms with Crippen molar-refractivity contribution >= 4 is 27.1 Å². The largest absolute Gasteiger partial charge is 0.399 e. The van der Waals surface area contributed by atoms with Crippen molar-refractivity contribution in [3.8, 4) is 16.9 Å². The Bertz CT molecular complexity index is 1280. The van der Waals surface area contributed by atoms with Crippen LogP contribution in [0.4, 0.5) is 5.69 Å². The van der Waals surface area contributed by atoms with Gasteiger partial charge in [0.25, 0.3) is 0 Å². The number of aryl methyl sites for hydroxylation is 1. The number of nitrogen functional groups attached to an aromatic ring is 1. The summed E-state index contributed by atoms with van der Waals surface area (Å²) in [4.78, 5) is -0.0145. The standard InChI is InChI=1S/C21H17ClN4O2S/c1-14-6-8-15(9-7-14)20-21(29(27,28)19-5-3-2-4-18(19)22)24-25-26(20)17-12-10-16(23)11-13-17/h2-13H,23H2,1H3. The SMILES string of the molecule is Cc1ccc(-c2c(S(=O)(=O)c3ccccc3Cl)nnn2-c2ccc(N)cc2)cc1. The number of hydrogen-bond acceptors (Lipinski definition) is 5. The van der Waals surface area contributed by atoms with Gasteiger partial charge in [-0.15, -0.1) is 5.10 Å². The van der Waals surface area contributed by atoms with Crippen LogP contribution in [0.3, 0.4) is 0 Å². The van der Waals surface area contributed by atoms with E-state index in [2.05, 4.69) is 10.3 Å². The fraction of sp³-hybridized carbons (Fsp3) is 0.0476. The Morgan fingerprint density at radius 2 is 1.59 bits per heavy atom. The summed E-state index contributed by atoms with van der Waals surface area (Å²) in [5, 5.41) is 8.15. The summed E-state index contributed by atoms with van der Waals surface area (Å²) < 4.78 is 28.3. The van der Waals surface area contributed by atoms with Crippen molar-refractivity contribution in [2.75, 3.05) is 5.73 Å². The highest BCUT2D eigenvalue weighted by atomic mass is 35.5. The third-order valence-corrected chi connectivity index (χ3v) is 6.64. The van der Waals surface area contributed by atoms with E-state index in [4.69, 9.17) is 17.3 Å². The van der Waals surface area contributed by atoms with Gasteiger partial charge in [0.2, 0.25) is 14.9 Å². The van der Waals surface area contributed by atoms with Gasteiger partial charge >= 0.3 is 0 Å². The number of rotatable bonds is 4. The lowest BCUT2D eigenvalue weighted by Crippen LogP contribution is -2.06. The number of nitrogens with zero attached hydrogens (tertiary/aromatic N) is 3. The molecule has 0 aliphatic heterocycles. The number of sulfone groups is 1. The summed E-state index contributed by atoms with van der Waals surface area (Å²) in [7, 11) is -4.00. The number of benzene rings is 3. The minimum atomic E-state index is -4.00. The zero-order valence-electron chi connectivity index (χ0n) is 15.4. The summed E-state index contributed by atoms with van der Waals surface area (Å²) in [6.45, 7) is 1.96. The molecule has 0 unspecified atom stereocenters. The van der Waals surface area contributed by atoms with Gasteiger partial charge in [0, 0.05) is 11.3 Å². The Kier molecular flexibility index (Phi) is 4.86. The van der Waals surface area contributed by atoms with Gasteiger partial charge in [0.15, 0.2) is 0 Å². The highest BCUT2D eigenvalue weighted by Gasteiger charge is 2.30. The molecule has 0 atom stereocenters. The molecule has 0 saturated heterocycles. The lowest BCUT2D eigenvalue weighted by Gasteiger charge is -2.10. The molecule has 0 spiro atoms. The number of aromatic nitrogens is 3. The molecule has 0 radical (unpaired) electrons. The molecule has 4 rings (SSSR count). The van der Waals surface area contributed by atoms with Crippen LogP contribution in [0.15, 0.2) is 82.7 Å². The van der Waals surface area contributed by atoms with Crippen LogP contribution in [0.1, 0.15) is 5.56 Å². The normalized spacial score (nSPS) is 11.5. The maximum Gasteiger partial charge on any atom is 0.229 e. The van der Waals surface area contributed by atoms with Crippen molar-refractivity contribution < 1.29 is 8.42 Å². The van der Waals surface area contributed by atoms with Gasteiger partial charge in [-0.3, -0.25) is 0 Å². The van der Waals surface area contributed by atoms with Gasteiger partial charge in [0.1, 0.15) is 5.69 Å². The molecule has 0 bridgehead atoms. The molecular formula is C21H17ClN4O2S. The minimum absolute atomic E-state index is 0.0145. The second kappa shape index (κ2) is 7.35. The predicted octanol–water partition coefficient (Wildman–Crippen LogP) is 4.31. The van der Waals surface area contributed by atoms with E-state index in [9.17, 15) is 8.42 Å². The Labute approximate surface area is 173 Å². The first-order chi connectivity index (χ1) is 13.9. The lowest BCUT2D eigenvalue weighted by atomic mass is 10.1. The van der Waals surface area contributed by atoms with Crippen LogP contribution in [0.2, 0.25) is 5.02 Å². The maximum absolute atomic E-state index is 13.4. The van der Waals surface area contributed by atoms with Crippen molar-refractivity contribution in [3.05, 3.63) is 83.4 Å². The number of hydrogen-bond donors (Lipinski definition) is 1. The molecule has 8 heteroatoms. The Morgan fingerprint density at radius 1 is 0.931 bits per heavy atom. The molecule has 0 saturated carbocycles. The van der Waals surface area contributed by atoms with Gasteiger partial charge in [-0.1, -0.05) is 58.8 Å². The van der Waals surface area contributed by atoms with Crippen LogP contribution in [-0.4, -0.2) is 23.4 Å². The van der Waals surface area contributed by atoms with Crippen molar-refractivity contribution in [1.82, 2.24) is 15.0 Å². The van der Waals surface area contributed by atoms with Gasteiger partial charge < -0.3 is 5.73 Å². The summed E-state index contributed by atoms with van der Waals surface area (Å²) in [6.07, 6.45) is 0. The molecule has 0 fully saturated rings. The van der Waals surface area contributed by atoms with E-state index in [0.717, 1.165) is 5.56 Å². The third kappa shape index (κ3) is 3.50. The topological polar surface area (TPSA) is 90.9 Å². The fourth-order valence-electron chi connectivity index (χ4n) is 2.97. The Balaban J connectivity index is 1.99. The van der Waals surface area contributed by atoms with Crippen molar-refractivity contribution in [2.45, 2.75) is 16.8 Å². The van der Waals surface area contributed by atoms with E-state index in [0.29, 0.717) is 22.6 Å². The zero-order valence-corrected chi connectivity index (χ0v) is 17.0. The van der Waals surface area contributed by atoms with E-state index < -0.39 is 9.84 Å². The second-order valence-corrected chi connectivity index (χ2v) is 8.79. The molecule has 0 amide bonds. The molecule has 1 heterocycles. The van der Waals surface area contributed by atoms with Gasteiger partial charge in [-0.05, 0) is 43.3 Å². The summed E-state index contributed by atoms with van der Waals surface area (Å²) in [5.74, 6) is 0. The Morgan fingerprint density at radius 3 is 2.24 bits per heavy atom. The van der Waals surface area contributed by atoms with Crippen LogP contribution >= 0.6 is 11.6 Å². The molecule has 146 valence electrons. The predicted molar refractivity (Wildman–Crippen MR) is 113 cm³/mol. The molecule has 2 N–H and O–H groups in total. The molecule has 29 heavy (non-hydrogen) atoms. The molecule has 4 aromatic rings. The third-order valence-electron chi connectivity index (χ3n) is 4.48. The second-order valence-electron chi connectivity index (χ2n) is 6.55. The molecule has 0 aliphatic rings. The monoisotopic (exact) mass is 424 g/mol. The van der Waals surface area contributed by atoms with Gasteiger partial charge in [0.05, 0.1) is 15.6 Å². The first-order valence-electron chi connectivity index (χ1n) is 8.76. The average Bonchev–Trinajstić information content (AvgIpc) is 3.15. The van der Waals surface area contributed by atoms with E-state index in [1.54, 1.807) is 36.4 Å². The van der Waals surface area contributed by atoms with E-state index >= 15 is 0 Å². The van der Waals surface area contributed by atoms with Crippen LogP contribution in [0.5, 0.6) is 0 Å². The zero-order chi connectivity index (χ0) is 20.6. The van der Waals surface area contributed by atoms with Gasteiger partial charge in [-0.25, -0.2) is 13.1 Å². The van der Waals surface area contributed by atoms with Crippen LogP contribution < -0.4 is 5.73 Å². The summed E-state index contributed by atoms with van der Waals surface area (Å²) >= 11 is 6.17.